The Hall–Kier alpha value is -1.20. The van der Waals surface area contributed by atoms with E-state index in [-0.39, 0.29) is 16.7 Å². The third-order valence-corrected chi connectivity index (χ3v) is 5.35. The average Bonchev–Trinajstić information content (AvgIpc) is 2.46. The van der Waals surface area contributed by atoms with Crippen LogP contribution in [0.4, 0.5) is 0 Å². The minimum Gasteiger partial charge on any atom is -0.314 e. The number of carbonyl (C=O) groups excluding carboxylic acids is 1. The van der Waals surface area contributed by atoms with Gasteiger partial charge in [-0.25, -0.2) is 8.42 Å². The molecule has 2 atom stereocenters. The van der Waals surface area contributed by atoms with E-state index >= 15 is 0 Å². The van der Waals surface area contributed by atoms with Crippen LogP contribution in [0, 0.1) is 5.92 Å². The maximum Gasteiger partial charge on any atom is 0.175 e. The first-order valence-electron chi connectivity index (χ1n) is 7.47. The second-order valence-corrected chi connectivity index (χ2v) is 7.89. The van der Waals surface area contributed by atoms with Crippen molar-refractivity contribution in [3.05, 3.63) is 29.8 Å². The number of benzene rings is 1. The zero-order valence-corrected chi connectivity index (χ0v) is 13.4. The molecule has 1 aromatic carbocycles. The van der Waals surface area contributed by atoms with Gasteiger partial charge >= 0.3 is 0 Å². The Morgan fingerprint density at radius 3 is 2.52 bits per heavy atom. The van der Waals surface area contributed by atoms with Crippen molar-refractivity contribution < 1.29 is 13.2 Å². The molecule has 4 nitrogen and oxygen atoms in total. The average molecular weight is 309 g/mol. The first-order valence-corrected chi connectivity index (χ1v) is 9.36. The smallest absolute Gasteiger partial charge is 0.175 e. The summed E-state index contributed by atoms with van der Waals surface area (Å²) in [7, 11) is -3.21. The van der Waals surface area contributed by atoms with Gasteiger partial charge in [-0.15, -0.1) is 0 Å². The van der Waals surface area contributed by atoms with E-state index in [2.05, 4.69) is 12.2 Å². The van der Waals surface area contributed by atoms with Gasteiger partial charge in [-0.3, -0.25) is 4.79 Å². The molecular weight excluding hydrogens is 286 g/mol. The molecule has 1 fully saturated rings. The Bertz CT molecular complexity index is 592. The van der Waals surface area contributed by atoms with E-state index in [0.29, 0.717) is 17.9 Å². The van der Waals surface area contributed by atoms with Gasteiger partial charge < -0.3 is 5.32 Å². The molecule has 0 saturated carbocycles. The summed E-state index contributed by atoms with van der Waals surface area (Å²) >= 11 is 0. The fourth-order valence-corrected chi connectivity index (χ4v) is 3.48. The topological polar surface area (TPSA) is 63.2 Å². The lowest BCUT2D eigenvalue weighted by molar-refractivity contribution is 0.0957. The second-order valence-electron chi connectivity index (χ2n) is 5.87. The van der Waals surface area contributed by atoms with Gasteiger partial charge in [-0.1, -0.05) is 25.5 Å². The van der Waals surface area contributed by atoms with Gasteiger partial charge in [0.2, 0.25) is 0 Å². The Morgan fingerprint density at radius 2 is 1.95 bits per heavy atom. The molecule has 0 amide bonds. The van der Waals surface area contributed by atoms with Crippen LogP contribution in [0.15, 0.2) is 29.2 Å². The van der Waals surface area contributed by atoms with Crippen molar-refractivity contribution in [2.75, 3.05) is 12.8 Å². The van der Waals surface area contributed by atoms with E-state index in [1.165, 1.54) is 24.8 Å². The van der Waals surface area contributed by atoms with Gasteiger partial charge in [0.05, 0.1) is 4.90 Å². The summed E-state index contributed by atoms with van der Waals surface area (Å²) in [5.41, 5.74) is 0.586. The lowest BCUT2D eigenvalue weighted by atomic mass is 9.87. The van der Waals surface area contributed by atoms with Crippen LogP contribution in [-0.4, -0.2) is 33.0 Å². The quantitative estimate of drug-likeness (QED) is 0.849. The highest BCUT2D eigenvalue weighted by atomic mass is 32.2. The molecular formula is C16H23NO3S. The maximum absolute atomic E-state index is 12.3. The van der Waals surface area contributed by atoms with Crippen molar-refractivity contribution in [1.82, 2.24) is 5.32 Å². The number of Topliss-reactive ketones (excluding diaryl/α,β-unsaturated/α-hetero) is 1. The maximum atomic E-state index is 12.3. The highest BCUT2D eigenvalue weighted by molar-refractivity contribution is 7.90. The molecule has 1 aliphatic heterocycles. The van der Waals surface area contributed by atoms with Crippen molar-refractivity contribution >= 4 is 15.6 Å². The summed E-state index contributed by atoms with van der Waals surface area (Å²) in [5, 5.41) is 3.40. The molecule has 0 aromatic heterocycles. The van der Waals surface area contributed by atoms with Crippen LogP contribution in [0.1, 0.15) is 43.0 Å². The van der Waals surface area contributed by atoms with Crippen molar-refractivity contribution in [3.63, 3.8) is 0 Å². The largest absolute Gasteiger partial charge is 0.314 e. The lowest BCUT2D eigenvalue weighted by Gasteiger charge is -2.29. The minimum absolute atomic E-state index is 0.0734. The molecule has 1 aliphatic rings. The highest BCUT2D eigenvalue weighted by Crippen LogP contribution is 2.22. The molecule has 0 aliphatic carbocycles. The van der Waals surface area contributed by atoms with Crippen LogP contribution in [0.5, 0.6) is 0 Å². The summed E-state index contributed by atoms with van der Waals surface area (Å²) in [6, 6.07) is 6.47. The number of carbonyl (C=O) groups is 1. The monoisotopic (exact) mass is 309 g/mol. The lowest BCUT2D eigenvalue weighted by Crippen LogP contribution is -2.39. The Morgan fingerprint density at radius 1 is 1.29 bits per heavy atom. The first kappa shape index (κ1) is 16.2. The number of rotatable bonds is 5. The predicted octanol–water partition coefficient (Wildman–Crippen LogP) is 2.44. The van der Waals surface area contributed by atoms with Crippen LogP contribution in [0.2, 0.25) is 0 Å². The third-order valence-electron chi connectivity index (χ3n) is 4.22. The highest BCUT2D eigenvalue weighted by Gasteiger charge is 2.22. The summed E-state index contributed by atoms with van der Waals surface area (Å²) in [5.74, 6) is 0.779. The minimum atomic E-state index is -3.21. The molecule has 1 N–H and O–H groups in total. The van der Waals surface area contributed by atoms with Crippen LogP contribution in [0.25, 0.3) is 0 Å². The fraction of sp³-hybridized carbons (Fsp3) is 0.562. The molecule has 0 spiro atoms. The van der Waals surface area contributed by atoms with Crippen molar-refractivity contribution in [3.8, 4) is 0 Å². The fourth-order valence-electron chi connectivity index (χ4n) is 2.85. The van der Waals surface area contributed by atoms with Crippen LogP contribution in [-0.2, 0) is 9.84 Å². The molecule has 2 unspecified atom stereocenters. The van der Waals surface area contributed by atoms with Crippen LogP contribution >= 0.6 is 0 Å². The number of sulfone groups is 1. The van der Waals surface area contributed by atoms with Crippen molar-refractivity contribution in [1.29, 1.82) is 0 Å². The normalized spacial score (nSPS) is 23.0. The van der Waals surface area contributed by atoms with E-state index in [9.17, 15) is 13.2 Å². The van der Waals surface area contributed by atoms with Gasteiger partial charge in [0.25, 0.3) is 0 Å². The summed E-state index contributed by atoms with van der Waals surface area (Å²) in [6.45, 7) is 3.17. The standard InChI is InChI=1S/C16H23NO3S/c1-3-12-8-9-17-14(10-12)11-16(18)13-4-6-15(7-5-13)21(2,19)20/h4-7,12,14,17H,3,8-11H2,1-2H3. The molecule has 0 bridgehead atoms. The van der Waals surface area contributed by atoms with Gasteiger partial charge in [0, 0.05) is 24.3 Å². The predicted molar refractivity (Wildman–Crippen MR) is 83.3 cm³/mol. The van der Waals surface area contributed by atoms with Gasteiger partial charge in [-0.05, 0) is 37.4 Å². The van der Waals surface area contributed by atoms with Crippen LogP contribution in [0.3, 0.4) is 0 Å². The molecule has 2 rings (SSSR count). The number of hydrogen-bond donors (Lipinski definition) is 1. The molecule has 116 valence electrons. The van der Waals surface area contributed by atoms with E-state index in [1.807, 2.05) is 0 Å². The molecule has 1 aromatic rings. The Labute approximate surface area is 126 Å². The van der Waals surface area contributed by atoms with E-state index in [1.54, 1.807) is 12.1 Å². The number of ketones is 1. The molecule has 1 saturated heterocycles. The van der Waals surface area contributed by atoms with Gasteiger partial charge in [-0.2, -0.15) is 0 Å². The third kappa shape index (κ3) is 4.38. The van der Waals surface area contributed by atoms with Gasteiger partial charge in [0.15, 0.2) is 15.6 Å². The molecule has 1 heterocycles. The molecule has 0 radical (unpaired) electrons. The zero-order chi connectivity index (χ0) is 15.5. The molecule has 21 heavy (non-hydrogen) atoms. The van der Waals surface area contributed by atoms with Crippen molar-refractivity contribution in [2.45, 2.75) is 43.5 Å². The van der Waals surface area contributed by atoms with E-state index < -0.39 is 9.84 Å². The van der Waals surface area contributed by atoms with Crippen LogP contribution < -0.4 is 5.32 Å². The number of piperidine rings is 1. The zero-order valence-electron chi connectivity index (χ0n) is 12.6. The number of nitrogens with one attached hydrogen (secondary N) is 1. The van der Waals surface area contributed by atoms with E-state index in [0.717, 1.165) is 19.4 Å². The summed E-state index contributed by atoms with van der Waals surface area (Å²) in [4.78, 5) is 12.5. The van der Waals surface area contributed by atoms with Crippen molar-refractivity contribution in [2.24, 2.45) is 5.92 Å². The Balaban J connectivity index is 2.00. The molecule has 5 heteroatoms. The van der Waals surface area contributed by atoms with E-state index in [4.69, 9.17) is 0 Å². The first-order chi connectivity index (χ1) is 9.90. The summed E-state index contributed by atoms with van der Waals surface area (Å²) in [6.07, 6.45) is 5.04. The number of hydrogen-bond acceptors (Lipinski definition) is 4. The SMILES string of the molecule is CCC1CCNC(CC(=O)c2ccc(S(C)(=O)=O)cc2)C1. The summed E-state index contributed by atoms with van der Waals surface area (Å²) < 4.78 is 22.8. The Kier molecular flexibility index (Phi) is 5.17. The second kappa shape index (κ2) is 6.71. The van der Waals surface area contributed by atoms with Gasteiger partial charge in [0.1, 0.15) is 0 Å².